The number of aromatic nitrogens is 2. The Morgan fingerprint density at radius 1 is 1.36 bits per heavy atom. The summed E-state index contributed by atoms with van der Waals surface area (Å²) in [5.41, 5.74) is 3.49. The molecule has 152 valence electrons. The molecule has 0 aliphatic carbocycles. The lowest BCUT2D eigenvalue weighted by Crippen LogP contribution is -2.41. The zero-order valence-corrected chi connectivity index (χ0v) is 17.4. The molecule has 1 aromatic carbocycles. The summed E-state index contributed by atoms with van der Waals surface area (Å²) in [6.45, 7) is 8.64. The fourth-order valence-corrected chi connectivity index (χ4v) is 3.58. The van der Waals surface area contributed by atoms with Gasteiger partial charge < -0.3 is 15.0 Å². The molecule has 0 spiro atoms. The van der Waals surface area contributed by atoms with Gasteiger partial charge in [-0.2, -0.15) is 5.10 Å². The van der Waals surface area contributed by atoms with Crippen LogP contribution in [0, 0.1) is 12.8 Å². The first-order valence-electron chi connectivity index (χ1n) is 10.3. The van der Waals surface area contributed by atoms with Crippen LogP contribution in [0.2, 0.25) is 0 Å². The highest BCUT2D eigenvalue weighted by Crippen LogP contribution is 2.14. The number of benzene rings is 1. The number of ether oxygens (including phenoxy) is 1. The topological polar surface area (TPSA) is 54.7 Å². The monoisotopic (exact) mass is 383 g/mol. The molecule has 1 aliphatic rings. The van der Waals surface area contributed by atoms with Crippen molar-refractivity contribution in [3.05, 3.63) is 47.8 Å². The molecule has 28 heavy (non-hydrogen) atoms. The van der Waals surface area contributed by atoms with E-state index in [1.807, 2.05) is 22.9 Å². The Labute approximate surface area is 168 Å². The number of nitrogens with one attached hydrogen (secondary N) is 1. The van der Waals surface area contributed by atoms with E-state index in [0.717, 1.165) is 69.5 Å². The second kappa shape index (κ2) is 10.3. The lowest BCUT2D eigenvalue weighted by Gasteiger charge is -2.24. The summed E-state index contributed by atoms with van der Waals surface area (Å²) in [5, 5.41) is 8.07. The molecule has 1 aromatic heterocycles. The van der Waals surface area contributed by atoms with E-state index in [0.29, 0.717) is 5.92 Å². The van der Waals surface area contributed by atoms with Crippen LogP contribution in [0.3, 0.4) is 0 Å². The molecule has 0 radical (unpaired) electrons. The quantitative estimate of drug-likeness (QED) is 0.432. The van der Waals surface area contributed by atoms with Crippen molar-refractivity contribution in [1.29, 1.82) is 0 Å². The molecule has 1 unspecified atom stereocenters. The molecule has 1 aliphatic heterocycles. The maximum atomic E-state index is 5.50. The number of para-hydroxylation sites is 1. The predicted molar refractivity (Wildman–Crippen MR) is 114 cm³/mol. The van der Waals surface area contributed by atoms with E-state index in [-0.39, 0.29) is 0 Å². The first kappa shape index (κ1) is 20.4. The van der Waals surface area contributed by atoms with Gasteiger partial charge in [-0.15, -0.1) is 0 Å². The van der Waals surface area contributed by atoms with Gasteiger partial charge in [0.25, 0.3) is 0 Å². The van der Waals surface area contributed by atoms with E-state index in [9.17, 15) is 0 Å². The van der Waals surface area contributed by atoms with Gasteiger partial charge in [-0.3, -0.25) is 4.99 Å². The Bertz CT molecular complexity index is 750. The van der Waals surface area contributed by atoms with Crippen LogP contribution in [0.15, 0.2) is 41.5 Å². The average Bonchev–Trinajstić information content (AvgIpc) is 3.34. The summed E-state index contributed by atoms with van der Waals surface area (Å²) in [6, 6.07) is 10.3. The van der Waals surface area contributed by atoms with Gasteiger partial charge in [-0.05, 0) is 50.8 Å². The Hall–Kier alpha value is -2.34. The molecule has 0 saturated carbocycles. The molecule has 6 heteroatoms. The summed E-state index contributed by atoms with van der Waals surface area (Å²) in [5.74, 6) is 1.60. The van der Waals surface area contributed by atoms with Gasteiger partial charge in [0, 0.05) is 45.4 Å². The largest absolute Gasteiger partial charge is 0.381 e. The number of rotatable bonds is 8. The summed E-state index contributed by atoms with van der Waals surface area (Å²) < 4.78 is 7.46. The summed E-state index contributed by atoms with van der Waals surface area (Å²) >= 11 is 0. The van der Waals surface area contributed by atoms with Crippen molar-refractivity contribution in [3.63, 3.8) is 0 Å². The van der Waals surface area contributed by atoms with E-state index in [1.54, 1.807) is 0 Å². The zero-order valence-electron chi connectivity index (χ0n) is 17.4. The highest BCUT2D eigenvalue weighted by molar-refractivity contribution is 5.79. The van der Waals surface area contributed by atoms with Crippen LogP contribution in [-0.4, -0.2) is 60.5 Å². The van der Waals surface area contributed by atoms with E-state index in [2.05, 4.69) is 54.5 Å². The highest BCUT2D eigenvalue weighted by atomic mass is 16.5. The molecule has 1 saturated heterocycles. The molecule has 1 atom stereocenters. The fourth-order valence-electron chi connectivity index (χ4n) is 3.58. The summed E-state index contributed by atoms with van der Waals surface area (Å²) in [6.07, 6.45) is 5.29. The SMILES string of the molecule is CCNC(=NCCCc1cn(-c2ccccc2)nc1C)N(C)CC1CCOC1. The molecular formula is C22H33N5O. The second-order valence-electron chi connectivity index (χ2n) is 7.47. The van der Waals surface area contributed by atoms with Gasteiger partial charge in [0.2, 0.25) is 0 Å². The second-order valence-corrected chi connectivity index (χ2v) is 7.47. The third-order valence-corrected chi connectivity index (χ3v) is 5.14. The normalized spacial score (nSPS) is 17.1. The first-order chi connectivity index (χ1) is 13.7. The minimum Gasteiger partial charge on any atom is -0.381 e. The predicted octanol–water partition coefficient (Wildman–Crippen LogP) is 3.05. The number of hydrogen-bond acceptors (Lipinski definition) is 3. The van der Waals surface area contributed by atoms with E-state index < -0.39 is 0 Å². The number of aliphatic imine (C=N–C) groups is 1. The maximum Gasteiger partial charge on any atom is 0.193 e. The van der Waals surface area contributed by atoms with Crippen molar-refractivity contribution in [1.82, 2.24) is 20.0 Å². The van der Waals surface area contributed by atoms with Crippen LogP contribution < -0.4 is 5.32 Å². The Morgan fingerprint density at radius 3 is 2.89 bits per heavy atom. The third-order valence-electron chi connectivity index (χ3n) is 5.14. The minimum atomic E-state index is 0.611. The van der Waals surface area contributed by atoms with Gasteiger partial charge in [0.05, 0.1) is 18.0 Å². The smallest absolute Gasteiger partial charge is 0.193 e. The summed E-state index contributed by atoms with van der Waals surface area (Å²) in [7, 11) is 2.12. The molecule has 1 N–H and O–H groups in total. The van der Waals surface area contributed by atoms with Gasteiger partial charge in [-0.1, -0.05) is 18.2 Å². The zero-order chi connectivity index (χ0) is 19.8. The number of nitrogens with zero attached hydrogens (tertiary/aromatic N) is 4. The van der Waals surface area contributed by atoms with Crippen LogP contribution in [0.25, 0.3) is 5.69 Å². The maximum absolute atomic E-state index is 5.50. The van der Waals surface area contributed by atoms with Gasteiger partial charge in [0.15, 0.2) is 5.96 Å². The van der Waals surface area contributed by atoms with Gasteiger partial charge in [0.1, 0.15) is 0 Å². The van der Waals surface area contributed by atoms with Crippen LogP contribution in [0.1, 0.15) is 31.0 Å². The molecule has 2 aromatic rings. The van der Waals surface area contributed by atoms with Crippen molar-refractivity contribution in [3.8, 4) is 5.69 Å². The fraction of sp³-hybridized carbons (Fsp3) is 0.545. The minimum absolute atomic E-state index is 0.611. The van der Waals surface area contributed by atoms with Gasteiger partial charge in [-0.25, -0.2) is 4.68 Å². The molecule has 6 nitrogen and oxygen atoms in total. The Balaban J connectivity index is 1.53. The number of hydrogen-bond donors (Lipinski definition) is 1. The molecule has 0 bridgehead atoms. The van der Waals surface area contributed by atoms with Crippen LogP contribution >= 0.6 is 0 Å². The Morgan fingerprint density at radius 2 is 2.18 bits per heavy atom. The van der Waals surface area contributed by atoms with E-state index >= 15 is 0 Å². The van der Waals surface area contributed by atoms with Crippen LogP contribution in [-0.2, 0) is 11.2 Å². The molecule has 0 amide bonds. The molecule has 3 rings (SSSR count). The van der Waals surface area contributed by atoms with Crippen molar-refractivity contribution in [2.24, 2.45) is 10.9 Å². The van der Waals surface area contributed by atoms with E-state index in [4.69, 9.17) is 9.73 Å². The first-order valence-corrected chi connectivity index (χ1v) is 10.3. The van der Waals surface area contributed by atoms with Crippen LogP contribution in [0.4, 0.5) is 0 Å². The average molecular weight is 384 g/mol. The van der Waals surface area contributed by atoms with E-state index in [1.165, 1.54) is 5.56 Å². The van der Waals surface area contributed by atoms with Crippen molar-refractivity contribution < 1.29 is 4.74 Å². The molecule has 2 heterocycles. The van der Waals surface area contributed by atoms with Crippen molar-refractivity contribution in [2.75, 3.05) is 39.9 Å². The lowest BCUT2D eigenvalue weighted by molar-refractivity contribution is 0.181. The number of guanidine groups is 1. The van der Waals surface area contributed by atoms with Crippen molar-refractivity contribution >= 4 is 5.96 Å². The van der Waals surface area contributed by atoms with Crippen molar-refractivity contribution in [2.45, 2.75) is 33.1 Å². The third kappa shape index (κ3) is 5.58. The Kier molecular flexibility index (Phi) is 7.48. The summed E-state index contributed by atoms with van der Waals surface area (Å²) in [4.78, 5) is 7.07. The standard InChI is InChI=1S/C22H33N5O/c1-4-23-22(26(3)15-19-12-14-28-17-19)24-13-8-9-20-16-27(25-18(20)2)21-10-6-5-7-11-21/h5-7,10-11,16,19H,4,8-9,12-15,17H2,1-3H3,(H,23,24). The lowest BCUT2D eigenvalue weighted by atomic mass is 10.1. The highest BCUT2D eigenvalue weighted by Gasteiger charge is 2.19. The van der Waals surface area contributed by atoms with Crippen LogP contribution in [0.5, 0.6) is 0 Å². The number of aryl methyl sites for hydroxylation is 2. The molecule has 1 fully saturated rings. The van der Waals surface area contributed by atoms with Gasteiger partial charge >= 0.3 is 0 Å². The molecular weight excluding hydrogens is 350 g/mol.